The molecule has 1 atom stereocenters. The van der Waals surface area contributed by atoms with Crippen molar-refractivity contribution in [3.63, 3.8) is 0 Å². The summed E-state index contributed by atoms with van der Waals surface area (Å²) >= 11 is 0. The molecule has 2 rings (SSSR count). The number of amides is 1. The van der Waals surface area contributed by atoms with Gasteiger partial charge in [0.1, 0.15) is 5.69 Å². The van der Waals surface area contributed by atoms with E-state index in [1.165, 1.54) is 12.8 Å². The molecule has 1 aromatic heterocycles. The van der Waals surface area contributed by atoms with Crippen LogP contribution in [0.1, 0.15) is 29.0 Å². The summed E-state index contributed by atoms with van der Waals surface area (Å²) in [5.41, 5.74) is 7.25. The van der Waals surface area contributed by atoms with Gasteiger partial charge in [-0.05, 0) is 31.7 Å². The minimum absolute atomic E-state index is 0.00968. The van der Waals surface area contributed by atoms with Crippen LogP contribution in [-0.2, 0) is 7.05 Å². The smallest absolute Gasteiger partial charge is 0.272 e. The Balaban J connectivity index is 2.15. The van der Waals surface area contributed by atoms with Crippen molar-refractivity contribution < 1.29 is 4.79 Å². The van der Waals surface area contributed by atoms with Crippen molar-refractivity contribution in [2.75, 3.05) is 13.6 Å². The maximum atomic E-state index is 12.3. The van der Waals surface area contributed by atoms with Gasteiger partial charge < -0.3 is 10.6 Å². The Labute approximate surface area is 102 Å². The molecule has 1 fully saturated rings. The number of carbonyl (C=O) groups is 1. The van der Waals surface area contributed by atoms with Crippen molar-refractivity contribution in [3.05, 3.63) is 17.5 Å². The molecule has 1 aromatic rings. The second kappa shape index (κ2) is 4.49. The number of likely N-dealkylation sites (N-methyl/N-ethyl adjacent to an activating group) is 1. The second-order valence-electron chi connectivity index (χ2n) is 4.85. The molecule has 0 aliphatic heterocycles. The SMILES string of the molecule is Cc1cc(C(=O)N(C)C(CN)C2CC2)n(C)n1. The number of nitrogens with two attached hydrogens (primary N) is 1. The molecule has 2 N–H and O–H groups in total. The van der Waals surface area contributed by atoms with E-state index in [0.717, 1.165) is 5.69 Å². The van der Waals surface area contributed by atoms with Crippen molar-refractivity contribution >= 4 is 5.91 Å². The first-order valence-electron chi connectivity index (χ1n) is 6.02. The molecule has 0 aromatic carbocycles. The van der Waals surface area contributed by atoms with Crippen LogP contribution in [-0.4, -0.2) is 40.2 Å². The highest BCUT2D eigenvalue weighted by Gasteiger charge is 2.35. The first-order chi connectivity index (χ1) is 8.04. The number of rotatable bonds is 4. The summed E-state index contributed by atoms with van der Waals surface area (Å²) < 4.78 is 1.63. The van der Waals surface area contributed by atoms with E-state index in [4.69, 9.17) is 5.73 Å². The normalized spacial score (nSPS) is 16.9. The van der Waals surface area contributed by atoms with Crippen LogP contribution in [0.2, 0.25) is 0 Å². The van der Waals surface area contributed by atoms with Crippen LogP contribution in [0.15, 0.2) is 6.07 Å². The molecule has 1 aliphatic rings. The summed E-state index contributed by atoms with van der Waals surface area (Å²) in [5.74, 6) is 0.596. The molecule has 1 heterocycles. The first-order valence-corrected chi connectivity index (χ1v) is 6.02. The number of hydrogen-bond acceptors (Lipinski definition) is 3. The monoisotopic (exact) mass is 236 g/mol. The first kappa shape index (κ1) is 12.1. The number of carbonyl (C=O) groups excluding carboxylic acids is 1. The molecular weight excluding hydrogens is 216 g/mol. The largest absolute Gasteiger partial charge is 0.336 e. The lowest BCUT2D eigenvalue weighted by molar-refractivity contribution is 0.0707. The van der Waals surface area contributed by atoms with Gasteiger partial charge in [0.05, 0.1) is 5.69 Å². The molecule has 5 nitrogen and oxygen atoms in total. The van der Waals surface area contributed by atoms with E-state index in [1.54, 1.807) is 16.6 Å². The standard InChI is InChI=1S/C12H20N4O/c1-8-6-10(16(3)14-8)12(17)15(2)11(7-13)9-4-5-9/h6,9,11H,4-5,7,13H2,1-3H3. The number of nitrogens with zero attached hydrogens (tertiary/aromatic N) is 3. The summed E-state index contributed by atoms with van der Waals surface area (Å²) in [6.07, 6.45) is 2.37. The third-order valence-electron chi connectivity index (χ3n) is 3.45. The molecule has 17 heavy (non-hydrogen) atoms. The molecule has 0 spiro atoms. The Morgan fingerprint density at radius 1 is 1.71 bits per heavy atom. The van der Waals surface area contributed by atoms with Gasteiger partial charge in [-0.3, -0.25) is 9.48 Å². The van der Waals surface area contributed by atoms with Crippen LogP contribution >= 0.6 is 0 Å². The van der Waals surface area contributed by atoms with Crippen LogP contribution in [0.5, 0.6) is 0 Å². The number of aryl methyl sites for hydroxylation is 2. The Hall–Kier alpha value is -1.36. The molecule has 1 saturated carbocycles. The highest BCUT2D eigenvalue weighted by molar-refractivity contribution is 5.92. The minimum atomic E-state index is 0.00968. The molecule has 0 saturated heterocycles. The van der Waals surface area contributed by atoms with Crippen LogP contribution in [0.3, 0.4) is 0 Å². The predicted octanol–water partition coefficient (Wildman–Crippen LogP) is 0.538. The fraction of sp³-hybridized carbons (Fsp3) is 0.667. The van der Waals surface area contributed by atoms with Crippen LogP contribution in [0, 0.1) is 12.8 Å². The average molecular weight is 236 g/mol. The summed E-state index contributed by atoms with van der Waals surface area (Å²) in [6.45, 7) is 2.42. The Morgan fingerprint density at radius 2 is 2.35 bits per heavy atom. The third-order valence-corrected chi connectivity index (χ3v) is 3.45. The zero-order valence-corrected chi connectivity index (χ0v) is 10.7. The molecule has 1 unspecified atom stereocenters. The molecule has 0 bridgehead atoms. The molecule has 5 heteroatoms. The van der Waals surface area contributed by atoms with Crippen molar-refractivity contribution in [3.8, 4) is 0 Å². The fourth-order valence-corrected chi connectivity index (χ4v) is 2.29. The van der Waals surface area contributed by atoms with Crippen LogP contribution in [0.4, 0.5) is 0 Å². The average Bonchev–Trinajstić information content (AvgIpc) is 3.04. The lowest BCUT2D eigenvalue weighted by Gasteiger charge is -2.27. The highest BCUT2D eigenvalue weighted by atomic mass is 16.2. The topological polar surface area (TPSA) is 64.2 Å². The molecule has 1 aliphatic carbocycles. The van der Waals surface area contributed by atoms with Crippen LogP contribution < -0.4 is 5.73 Å². The van der Waals surface area contributed by atoms with Crippen molar-refractivity contribution in [2.24, 2.45) is 18.7 Å². The quantitative estimate of drug-likeness (QED) is 0.829. The summed E-state index contributed by atoms with van der Waals surface area (Å²) in [7, 11) is 3.63. The van der Waals surface area contributed by atoms with Gasteiger partial charge in [0, 0.05) is 26.7 Å². The van der Waals surface area contributed by atoms with E-state index in [1.807, 2.05) is 20.0 Å². The van der Waals surface area contributed by atoms with Gasteiger partial charge in [0.15, 0.2) is 0 Å². The van der Waals surface area contributed by atoms with Gasteiger partial charge in [0.25, 0.3) is 5.91 Å². The van der Waals surface area contributed by atoms with E-state index in [9.17, 15) is 4.79 Å². The zero-order chi connectivity index (χ0) is 12.6. The maximum absolute atomic E-state index is 12.3. The second-order valence-corrected chi connectivity index (χ2v) is 4.85. The van der Waals surface area contributed by atoms with Gasteiger partial charge in [0.2, 0.25) is 0 Å². The predicted molar refractivity (Wildman–Crippen MR) is 65.6 cm³/mol. The zero-order valence-electron chi connectivity index (χ0n) is 10.7. The van der Waals surface area contributed by atoms with Crippen molar-refractivity contribution in [1.29, 1.82) is 0 Å². The van der Waals surface area contributed by atoms with Crippen molar-refractivity contribution in [2.45, 2.75) is 25.8 Å². The van der Waals surface area contributed by atoms with E-state index >= 15 is 0 Å². The minimum Gasteiger partial charge on any atom is -0.336 e. The van der Waals surface area contributed by atoms with E-state index in [0.29, 0.717) is 18.2 Å². The third kappa shape index (κ3) is 2.34. The molecule has 1 amide bonds. The lowest BCUT2D eigenvalue weighted by Crippen LogP contribution is -2.43. The van der Waals surface area contributed by atoms with Crippen molar-refractivity contribution in [1.82, 2.24) is 14.7 Å². The Bertz CT molecular complexity index is 422. The molecule has 94 valence electrons. The van der Waals surface area contributed by atoms with E-state index in [2.05, 4.69) is 5.10 Å². The maximum Gasteiger partial charge on any atom is 0.272 e. The van der Waals surface area contributed by atoms with Gasteiger partial charge in [-0.1, -0.05) is 0 Å². The Kier molecular flexibility index (Phi) is 3.19. The van der Waals surface area contributed by atoms with Gasteiger partial charge in [-0.25, -0.2) is 0 Å². The van der Waals surface area contributed by atoms with Gasteiger partial charge in [-0.2, -0.15) is 5.10 Å². The molecule has 0 radical (unpaired) electrons. The lowest BCUT2D eigenvalue weighted by atomic mass is 10.1. The molecular formula is C12H20N4O. The Morgan fingerprint density at radius 3 is 2.76 bits per heavy atom. The number of hydrogen-bond donors (Lipinski definition) is 1. The fourth-order valence-electron chi connectivity index (χ4n) is 2.29. The van der Waals surface area contributed by atoms with E-state index < -0.39 is 0 Å². The summed E-state index contributed by atoms with van der Waals surface area (Å²) in [4.78, 5) is 14.1. The van der Waals surface area contributed by atoms with E-state index in [-0.39, 0.29) is 11.9 Å². The number of aromatic nitrogens is 2. The van der Waals surface area contributed by atoms with Gasteiger partial charge >= 0.3 is 0 Å². The summed E-state index contributed by atoms with van der Waals surface area (Å²) in [6, 6.07) is 1.98. The summed E-state index contributed by atoms with van der Waals surface area (Å²) in [5, 5.41) is 4.20. The van der Waals surface area contributed by atoms with Crippen LogP contribution in [0.25, 0.3) is 0 Å². The highest BCUT2D eigenvalue weighted by Crippen LogP contribution is 2.34. The van der Waals surface area contributed by atoms with Gasteiger partial charge in [-0.15, -0.1) is 0 Å².